The lowest BCUT2D eigenvalue weighted by atomic mass is 10.4. The Morgan fingerprint density at radius 1 is 1.53 bits per heavy atom. The number of carbonyl (C=O) groups excluding carboxylic acids is 1. The van der Waals surface area contributed by atoms with E-state index in [9.17, 15) is 4.79 Å². The molecule has 6 nitrogen and oxygen atoms in total. The van der Waals surface area contributed by atoms with Crippen LogP contribution in [0.15, 0.2) is 12.3 Å². The van der Waals surface area contributed by atoms with Gasteiger partial charge in [0.2, 0.25) is 5.95 Å². The van der Waals surface area contributed by atoms with Gasteiger partial charge in [-0.3, -0.25) is 0 Å². The number of nitrogens with one attached hydrogen (secondary N) is 1. The summed E-state index contributed by atoms with van der Waals surface area (Å²) in [5.74, 6) is -0.0579. The number of hydrogen-bond acceptors (Lipinski definition) is 6. The quantitative estimate of drug-likeness (QED) is 0.592. The third kappa shape index (κ3) is 4.78. The number of methoxy groups -OCH3 is 1. The molecule has 94 valence electrons. The first kappa shape index (κ1) is 13.4. The molecule has 0 radical (unpaired) electrons. The molecule has 0 atom stereocenters. The molecule has 1 aromatic heterocycles. The molecule has 17 heavy (non-hydrogen) atoms. The Labute approximate surface area is 100 Å². The van der Waals surface area contributed by atoms with Gasteiger partial charge >= 0.3 is 5.97 Å². The molecular formula is C11H17N3O3. The van der Waals surface area contributed by atoms with E-state index in [-0.39, 0.29) is 11.8 Å². The molecular weight excluding hydrogens is 222 g/mol. The molecule has 1 aromatic rings. The molecule has 0 aliphatic rings. The van der Waals surface area contributed by atoms with E-state index in [0.29, 0.717) is 19.1 Å². The second-order valence-corrected chi connectivity index (χ2v) is 3.64. The predicted octanol–water partition coefficient (Wildman–Crippen LogP) is 1.10. The maximum Gasteiger partial charge on any atom is 0.357 e. The fraction of sp³-hybridized carbons (Fsp3) is 0.545. The van der Waals surface area contributed by atoms with Crippen molar-refractivity contribution in [2.45, 2.75) is 20.0 Å². The first-order chi connectivity index (χ1) is 8.13. The summed E-state index contributed by atoms with van der Waals surface area (Å²) in [5, 5.41) is 2.94. The van der Waals surface area contributed by atoms with Crippen LogP contribution < -0.4 is 5.32 Å². The molecule has 0 aliphatic heterocycles. The van der Waals surface area contributed by atoms with Crippen LogP contribution in [0.3, 0.4) is 0 Å². The summed E-state index contributed by atoms with van der Waals surface area (Å²) >= 11 is 0. The van der Waals surface area contributed by atoms with Crippen LogP contribution in [0.1, 0.15) is 24.3 Å². The van der Waals surface area contributed by atoms with Gasteiger partial charge in [-0.1, -0.05) is 0 Å². The molecule has 6 heteroatoms. The van der Waals surface area contributed by atoms with Gasteiger partial charge < -0.3 is 14.8 Å². The summed E-state index contributed by atoms with van der Waals surface area (Å²) in [6, 6.07) is 1.52. The molecule has 1 heterocycles. The fourth-order valence-electron chi connectivity index (χ4n) is 1.10. The number of anilines is 1. The van der Waals surface area contributed by atoms with Crippen LogP contribution in [0, 0.1) is 0 Å². The SMILES string of the molecule is COCCNc1nccc(C(=O)OC(C)C)n1. The van der Waals surface area contributed by atoms with Crippen molar-refractivity contribution >= 4 is 11.9 Å². The van der Waals surface area contributed by atoms with Gasteiger partial charge in [0.1, 0.15) is 0 Å². The number of aromatic nitrogens is 2. The van der Waals surface area contributed by atoms with E-state index in [0.717, 1.165) is 0 Å². The topological polar surface area (TPSA) is 73.3 Å². The molecule has 1 N–H and O–H groups in total. The third-order valence-corrected chi connectivity index (χ3v) is 1.80. The van der Waals surface area contributed by atoms with Gasteiger partial charge in [-0.2, -0.15) is 0 Å². The van der Waals surface area contributed by atoms with Crippen LogP contribution in [0.2, 0.25) is 0 Å². The lowest BCUT2D eigenvalue weighted by Crippen LogP contribution is -2.15. The van der Waals surface area contributed by atoms with Gasteiger partial charge in [-0.25, -0.2) is 14.8 Å². The van der Waals surface area contributed by atoms with Gasteiger partial charge in [-0.05, 0) is 19.9 Å². The van der Waals surface area contributed by atoms with Gasteiger partial charge in [0.05, 0.1) is 12.7 Å². The number of rotatable bonds is 6. The Hall–Kier alpha value is -1.69. The number of carbonyl (C=O) groups is 1. The summed E-state index contributed by atoms with van der Waals surface area (Å²) in [7, 11) is 1.61. The molecule has 0 fully saturated rings. The van der Waals surface area contributed by atoms with Gasteiger partial charge in [0, 0.05) is 19.9 Å². The second kappa shape index (κ2) is 6.80. The smallest absolute Gasteiger partial charge is 0.357 e. The van der Waals surface area contributed by atoms with Crippen molar-refractivity contribution in [3.63, 3.8) is 0 Å². The van der Waals surface area contributed by atoms with E-state index in [1.54, 1.807) is 21.0 Å². The summed E-state index contributed by atoms with van der Waals surface area (Å²) in [5.41, 5.74) is 0.244. The Morgan fingerprint density at radius 2 is 2.29 bits per heavy atom. The lowest BCUT2D eigenvalue weighted by Gasteiger charge is -2.08. The zero-order valence-electron chi connectivity index (χ0n) is 10.3. The van der Waals surface area contributed by atoms with Gasteiger partial charge in [0.15, 0.2) is 5.69 Å². The maximum absolute atomic E-state index is 11.6. The zero-order chi connectivity index (χ0) is 12.7. The van der Waals surface area contributed by atoms with E-state index in [4.69, 9.17) is 9.47 Å². The summed E-state index contributed by atoms with van der Waals surface area (Å²) in [4.78, 5) is 19.6. The van der Waals surface area contributed by atoms with E-state index in [2.05, 4.69) is 15.3 Å². The minimum atomic E-state index is -0.447. The Kier molecular flexibility index (Phi) is 5.35. The van der Waals surface area contributed by atoms with Crippen LogP contribution in [0.5, 0.6) is 0 Å². The van der Waals surface area contributed by atoms with Gasteiger partial charge in [0.25, 0.3) is 0 Å². The molecule has 0 aliphatic carbocycles. The van der Waals surface area contributed by atoms with Crippen molar-refractivity contribution < 1.29 is 14.3 Å². The van der Waals surface area contributed by atoms with Crippen molar-refractivity contribution in [2.75, 3.05) is 25.6 Å². The van der Waals surface area contributed by atoms with E-state index in [1.165, 1.54) is 12.3 Å². The monoisotopic (exact) mass is 239 g/mol. The molecule has 0 saturated carbocycles. The summed E-state index contributed by atoms with van der Waals surface area (Å²) in [6.07, 6.45) is 1.35. The molecule has 0 saturated heterocycles. The normalized spacial score (nSPS) is 10.4. The molecule has 0 aromatic carbocycles. The average Bonchev–Trinajstić information content (AvgIpc) is 2.29. The van der Waals surface area contributed by atoms with Crippen LogP contribution in [-0.4, -0.2) is 42.3 Å². The summed E-state index contributed by atoms with van der Waals surface area (Å²) < 4.78 is 9.92. The van der Waals surface area contributed by atoms with Gasteiger partial charge in [-0.15, -0.1) is 0 Å². The highest BCUT2D eigenvalue weighted by Gasteiger charge is 2.11. The van der Waals surface area contributed by atoms with Crippen LogP contribution in [-0.2, 0) is 9.47 Å². The third-order valence-electron chi connectivity index (χ3n) is 1.80. The molecule has 0 unspecified atom stereocenters. The highest BCUT2D eigenvalue weighted by molar-refractivity contribution is 5.87. The van der Waals surface area contributed by atoms with E-state index < -0.39 is 5.97 Å². The molecule has 0 spiro atoms. The Balaban J connectivity index is 2.61. The lowest BCUT2D eigenvalue weighted by molar-refractivity contribution is 0.0371. The Bertz CT molecular complexity index is 369. The molecule has 0 bridgehead atoms. The minimum Gasteiger partial charge on any atom is -0.458 e. The molecule has 0 amide bonds. The number of hydrogen-bond donors (Lipinski definition) is 1. The average molecular weight is 239 g/mol. The summed E-state index contributed by atoms with van der Waals surface area (Å²) in [6.45, 7) is 4.71. The van der Waals surface area contributed by atoms with Crippen molar-refractivity contribution in [2.24, 2.45) is 0 Å². The van der Waals surface area contributed by atoms with Crippen molar-refractivity contribution in [1.29, 1.82) is 0 Å². The Morgan fingerprint density at radius 3 is 2.94 bits per heavy atom. The predicted molar refractivity (Wildman–Crippen MR) is 62.9 cm³/mol. The van der Waals surface area contributed by atoms with E-state index >= 15 is 0 Å². The van der Waals surface area contributed by atoms with Crippen LogP contribution in [0.25, 0.3) is 0 Å². The van der Waals surface area contributed by atoms with Crippen molar-refractivity contribution in [1.82, 2.24) is 9.97 Å². The number of nitrogens with zero attached hydrogens (tertiary/aromatic N) is 2. The standard InChI is InChI=1S/C11H17N3O3/c1-8(2)17-10(15)9-4-5-12-11(14-9)13-6-7-16-3/h4-5,8H,6-7H2,1-3H3,(H,12,13,14). The van der Waals surface area contributed by atoms with E-state index in [1.807, 2.05) is 0 Å². The first-order valence-corrected chi connectivity index (χ1v) is 5.40. The minimum absolute atomic E-state index is 0.164. The largest absolute Gasteiger partial charge is 0.458 e. The first-order valence-electron chi connectivity index (χ1n) is 5.40. The highest BCUT2D eigenvalue weighted by Crippen LogP contribution is 2.03. The van der Waals surface area contributed by atoms with Crippen molar-refractivity contribution in [3.05, 3.63) is 18.0 Å². The maximum atomic E-state index is 11.6. The molecule has 1 rings (SSSR count). The number of ether oxygens (including phenoxy) is 2. The van der Waals surface area contributed by atoms with Crippen LogP contribution >= 0.6 is 0 Å². The zero-order valence-corrected chi connectivity index (χ0v) is 10.3. The fourth-order valence-corrected chi connectivity index (χ4v) is 1.10. The second-order valence-electron chi connectivity index (χ2n) is 3.64. The van der Waals surface area contributed by atoms with Crippen molar-refractivity contribution in [3.8, 4) is 0 Å². The van der Waals surface area contributed by atoms with Crippen LogP contribution in [0.4, 0.5) is 5.95 Å². The highest BCUT2D eigenvalue weighted by atomic mass is 16.5. The number of esters is 1.